The van der Waals surface area contributed by atoms with Crippen molar-refractivity contribution in [2.24, 2.45) is 0 Å². The minimum atomic E-state index is -0.646. The number of aromatic amines is 1. The molecule has 0 fully saturated rings. The lowest BCUT2D eigenvalue weighted by Crippen LogP contribution is -1.89. The number of benzene rings is 1. The molecule has 2 aromatic rings. The fourth-order valence-corrected chi connectivity index (χ4v) is 1.69. The molecule has 72 valence electrons. The molecular formula is C7H4BrN3O3. The van der Waals surface area contributed by atoms with Crippen LogP contribution in [0.25, 0.3) is 10.9 Å². The molecule has 2 N–H and O–H groups in total. The SMILES string of the molecule is O=[N+]([O-])c1cc2cn[nH]c2c(Br)c1O. The van der Waals surface area contributed by atoms with Crippen molar-refractivity contribution in [1.29, 1.82) is 0 Å². The van der Waals surface area contributed by atoms with Gasteiger partial charge in [0.25, 0.3) is 0 Å². The molecule has 0 unspecified atom stereocenters. The Balaban J connectivity index is 2.87. The Labute approximate surface area is 85.8 Å². The van der Waals surface area contributed by atoms with Crippen LogP contribution in [0.2, 0.25) is 0 Å². The number of aromatic nitrogens is 2. The number of H-pyrrole nitrogens is 1. The minimum Gasteiger partial charge on any atom is -0.501 e. The summed E-state index contributed by atoms with van der Waals surface area (Å²) in [5, 5.41) is 26.9. The van der Waals surface area contributed by atoms with Gasteiger partial charge in [-0.3, -0.25) is 15.2 Å². The standard InChI is InChI=1S/C7H4BrN3O3/c8-5-6-3(2-9-10-6)1-4(7(5)12)11(13)14/h1-2,12H,(H,9,10). The van der Waals surface area contributed by atoms with Crippen molar-refractivity contribution in [2.75, 3.05) is 0 Å². The van der Waals surface area contributed by atoms with Crippen molar-refractivity contribution < 1.29 is 10.0 Å². The highest BCUT2D eigenvalue weighted by Gasteiger charge is 2.19. The Morgan fingerprint density at radius 2 is 2.36 bits per heavy atom. The van der Waals surface area contributed by atoms with Gasteiger partial charge in [0.1, 0.15) is 0 Å². The van der Waals surface area contributed by atoms with Crippen LogP contribution in [0, 0.1) is 10.1 Å². The maximum Gasteiger partial charge on any atom is 0.312 e. The quantitative estimate of drug-likeness (QED) is 0.603. The molecule has 0 aliphatic carbocycles. The fourth-order valence-electron chi connectivity index (χ4n) is 1.17. The second-order valence-corrected chi connectivity index (χ2v) is 3.44. The number of nitro groups is 1. The number of aromatic hydroxyl groups is 1. The first-order valence-electron chi connectivity index (χ1n) is 3.60. The van der Waals surface area contributed by atoms with E-state index in [2.05, 4.69) is 26.1 Å². The summed E-state index contributed by atoms with van der Waals surface area (Å²) >= 11 is 3.05. The Morgan fingerprint density at radius 1 is 1.64 bits per heavy atom. The highest BCUT2D eigenvalue weighted by atomic mass is 79.9. The first kappa shape index (κ1) is 8.95. The van der Waals surface area contributed by atoms with Gasteiger partial charge in [-0.05, 0) is 15.9 Å². The molecule has 7 heteroatoms. The van der Waals surface area contributed by atoms with Gasteiger partial charge in [-0.25, -0.2) is 0 Å². The summed E-state index contributed by atoms with van der Waals surface area (Å²) < 4.78 is 0.249. The molecule has 0 aliphatic rings. The molecule has 0 bridgehead atoms. The Morgan fingerprint density at radius 3 is 3.00 bits per heavy atom. The Hall–Kier alpha value is -1.63. The first-order valence-corrected chi connectivity index (χ1v) is 4.39. The number of fused-ring (bicyclic) bond motifs is 1. The van der Waals surface area contributed by atoms with Crippen LogP contribution in [-0.2, 0) is 0 Å². The summed E-state index contributed by atoms with van der Waals surface area (Å²) in [5.74, 6) is -0.397. The molecule has 2 rings (SSSR count). The van der Waals surface area contributed by atoms with Crippen molar-refractivity contribution in [2.45, 2.75) is 0 Å². The van der Waals surface area contributed by atoms with Crippen molar-refractivity contribution in [3.05, 3.63) is 26.9 Å². The molecule has 0 atom stereocenters. The molecule has 1 aromatic carbocycles. The second-order valence-electron chi connectivity index (χ2n) is 2.65. The van der Waals surface area contributed by atoms with E-state index in [4.69, 9.17) is 0 Å². The van der Waals surface area contributed by atoms with Crippen LogP contribution in [0.3, 0.4) is 0 Å². The van der Waals surface area contributed by atoms with Gasteiger partial charge in [-0.2, -0.15) is 5.10 Å². The molecule has 0 aliphatic heterocycles. The van der Waals surface area contributed by atoms with Crippen molar-refractivity contribution >= 4 is 32.5 Å². The molecule has 0 saturated carbocycles. The van der Waals surface area contributed by atoms with E-state index in [-0.39, 0.29) is 10.2 Å². The van der Waals surface area contributed by atoms with Gasteiger partial charge >= 0.3 is 5.69 Å². The van der Waals surface area contributed by atoms with E-state index < -0.39 is 10.7 Å². The monoisotopic (exact) mass is 257 g/mol. The Kier molecular flexibility index (Phi) is 1.88. The zero-order valence-corrected chi connectivity index (χ0v) is 8.28. The summed E-state index contributed by atoms with van der Waals surface area (Å²) in [4.78, 5) is 9.89. The Bertz CT molecular complexity index is 522. The summed E-state index contributed by atoms with van der Waals surface area (Å²) in [6.07, 6.45) is 1.45. The van der Waals surface area contributed by atoms with Crippen LogP contribution < -0.4 is 0 Å². The summed E-state index contributed by atoms with van der Waals surface area (Å²) in [6, 6.07) is 1.26. The van der Waals surface area contributed by atoms with Crippen molar-refractivity contribution in [3.63, 3.8) is 0 Å². The van der Waals surface area contributed by atoms with Gasteiger partial charge < -0.3 is 5.11 Å². The van der Waals surface area contributed by atoms with Crippen LogP contribution in [0.4, 0.5) is 5.69 Å². The first-order chi connectivity index (χ1) is 6.61. The van der Waals surface area contributed by atoms with Crippen LogP contribution in [0.1, 0.15) is 0 Å². The smallest absolute Gasteiger partial charge is 0.312 e. The number of nitro benzene ring substituents is 1. The largest absolute Gasteiger partial charge is 0.501 e. The highest BCUT2D eigenvalue weighted by Crippen LogP contribution is 2.38. The number of nitrogens with zero attached hydrogens (tertiary/aromatic N) is 2. The average molecular weight is 258 g/mol. The van der Waals surface area contributed by atoms with Crippen LogP contribution in [-0.4, -0.2) is 20.2 Å². The summed E-state index contributed by atoms with van der Waals surface area (Å²) in [6.45, 7) is 0. The minimum absolute atomic E-state index is 0.249. The number of halogens is 1. The lowest BCUT2D eigenvalue weighted by Gasteiger charge is -1.99. The third-order valence-corrected chi connectivity index (χ3v) is 2.60. The number of hydrogen-bond donors (Lipinski definition) is 2. The maximum absolute atomic E-state index is 10.5. The van der Waals surface area contributed by atoms with Crippen LogP contribution in [0.5, 0.6) is 5.75 Å². The van der Waals surface area contributed by atoms with Gasteiger partial charge in [0.15, 0.2) is 0 Å². The van der Waals surface area contributed by atoms with E-state index in [0.29, 0.717) is 10.9 Å². The zero-order chi connectivity index (χ0) is 10.3. The van der Waals surface area contributed by atoms with Crippen molar-refractivity contribution in [1.82, 2.24) is 10.2 Å². The molecule has 0 amide bonds. The van der Waals surface area contributed by atoms with Crippen LogP contribution >= 0.6 is 15.9 Å². The number of nitrogens with one attached hydrogen (secondary N) is 1. The second kappa shape index (κ2) is 2.95. The lowest BCUT2D eigenvalue weighted by atomic mass is 10.2. The molecule has 1 heterocycles. The van der Waals surface area contributed by atoms with Gasteiger partial charge in [-0.15, -0.1) is 0 Å². The third-order valence-electron chi connectivity index (χ3n) is 1.83. The van der Waals surface area contributed by atoms with E-state index in [9.17, 15) is 15.2 Å². The average Bonchev–Trinajstić information content (AvgIpc) is 2.58. The molecule has 14 heavy (non-hydrogen) atoms. The molecule has 6 nitrogen and oxygen atoms in total. The molecule has 0 spiro atoms. The van der Waals surface area contributed by atoms with E-state index in [1.54, 1.807) is 0 Å². The zero-order valence-electron chi connectivity index (χ0n) is 6.69. The third kappa shape index (κ3) is 1.13. The van der Waals surface area contributed by atoms with Gasteiger partial charge in [0, 0.05) is 11.5 Å². The summed E-state index contributed by atoms with van der Waals surface area (Å²) in [7, 11) is 0. The predicted octanol–water partition coefficient (Wildman–Crippen LogP) is 1.94. The van der Waals surface area contributed by atoms with Gasteiger partial charge in [0.05, 0.1) is 21.1 Å². The fraction of sp³-hybridized carbons (Fsp3) is 0. The normalized spacial score (nSPS) is 10.6. The van der Waals surface area contributed by atoms with E-state index in [0.717, 1.165) is 0 Å². The summed E-state index contributed by atoms with van der Waals surface area (Å²) in [5.41, 5.74) is 0.193. The predicted molar refractivity (Wildman–Crippen MR) is 52.1 cm³/mol. The number of phenolic OH excluding ortho intramolecular Hbond substituents is 1. The topological polar surface area (TPSA) is 92.0 Å². The maximum atomic E-state index is 10.5. The number of phenols is 1. The van der Waals surface area contributed by atoms with E-state index in [1.807, 2.05) is 0 Å². The number of rotatable bonds is 1. The highest BCUT2D eigenvalue weighted by molar-refractivity contribution is 9.10. The molecular weight excluding hydrogens is 254 g/mol. The van der Waals surface area contributed by atoms with Gasteiger partial charge in [-0.1, -0.05) is 0 Å². The van der Waals surface area contributed by atoms with Gasteiger partial charge in [0.2, 0.25) is 5.75 Å². The van der Waals surface area contributed by atoms with Crippen LogP contribution in [0.15, 0.2) is 16.7 Å². The number of hydrogen-bond acceptors (Lipinski definition) is 4. The molecule has 1 aromatic heterocycles. The van der Waals surface area contributed by atoms with Crippen molar-refractivity contribution in [3.8, 4) is 5.75 Å². The van der Waals surface area contributed by atoms with E-state index >= 15 is 0 Å². The molecule has 0 saturated heterocycles. The molecule has 0 radical (unpaired) electrons. The lowest BCUT2D eigenvalue weighted by molar-refractivity contribution is -0.385. The van der Waals surface area contributed by atoms with E-state index in [1.165, 1.54) is 12.3 Å².